The van der Waals surface area contributed by atoms with Gasteiger partial charge < -0.3 is 20.2 Å². The van der Waals surface area contributed by atoms with Gasteiger partial charge in [0.15, 0.2) is 0 Å². The van der Waals surface area contributed by atoms with Crippen molar-refractivity contribution in [1.29, 1.82) is 0 Å². The highest BCUT2D eigenvalue weighted by molar-refractivity contribution is 6.10. The van der Waals surface area contributed by atoms with Crippen LogP contribution >= 0.6 is 0 Å². The highest BCUT2D eigenvalue weighted by Gasteiger charge is 2.47. The molecule has 2 heterocycles. The zero-order chi connectivity index (χ0) is 27.9. The molecule has 3 aromatic carbocycles. The van der Waals surface area contributed by atoms with Gasteiger partial charge in [-0.2, -0.15) is 0 Å². The number of methoxy groups -OCH3 is 1. The number of hydrogen-bond acceptors (Lipinski definition) is 5. The lowest BCUT2D eigenvalue weighted by Crippen LogP contribution is -2.35. The predicted octanol–water partition coefficient (Wildman–Crippen LogP) is 5.75. The molecule has 2 amide bonds. The van der Waals surface area contributed by atoms with Crippen molar-refractivity contribution in [1.82, 2.24) is 10.3 Å². The largest absolute Gasteiger partial charge is 0.496 e. The first kappa shape index (κ1) is 25.3. The molecule has 40 heavy (non-hydrogen) atoms. The first-order chi connectivity index (χ1) is 19.4. The molecule has 6 rings (SSSR count). The van der Waals surface area contributed by atoms with Gasteiger partial charge >= 0.3 is 0 Å². The first-order valence-electron chi connectivity index (χ1n) is 12.9. The third-order valence-corrected chi connectivity index (χ3v) is 7.30. The Morgan fingerprint density at radius 3 is 2.52 bits per heavy atom. The third kappa shape index (κ3) is 4.68. The summed E-state index contributed by atoms with van der Waals surface area (Å²) in [5.41, 5.74) is 9.62. The number of aromatic nitrogens is 1. The number of furan rings is 1. The number of halogens is 1. The number of amides is 2. The van der Waals surface area contributed by atoms with Crippen LogP contribution in [-0.2, 0) is 12.0 Å². The molecule has 1 saturated carbocycles. The molecule has 0 saturated heterocycles. The summed E-state index contributed by atoms with van der Waals surface area (Å²) in [5.74, 6) is -0.294. The van der Waals surface area contributed by atoms with Crippen LogP contribution in [-0.4, -0.2) is 23.9 Å². The molecule has 1 aliphatic rings. The van der Waals surface area contributed by atoms with Crippen molar-refractivity contribution < 1.29 is 23.1 Å². The molecule has 5 aromatic rings. The number of fused-ring (bicyclic) bond motifs is 1. The van der Waals surface area contributed by atoms with Crippen molar-refractivity contribution in [2.24, 2.45) is 5.73 Å². The highest BCUT2D eigenvalue weighted by atomic mass is 19.1. The maximum absolute atomic E-state index is 13.5. The van der Waals surface area contributed by atoms with Gasteiger partial charge in [0.1, 0.15) is 22.9 Å². The highest BCUT2D eigenvalue weighted by Crippen LogP contribution is 2.44. The van der Waals surface area contributed by atoms with E-state index in [2.05, 4.69) is 10.3 Å². The molecule has 200 valence electrons. The summed E-state index contributed by atoms with van der Waals surface area (Å²) in [6.45, 7) is 0. The molecule has 8 heteroatoms. The Balaban J connectivity index is 1.31. The van der Waals surface area contributed by atoms with Crippen molar-refractivity contribution in [3.63, 3.8) is 0 Å². The molecular formula is C32H26FN3O4. The summed E-state index contributed by atoms with van der Waals surface area (Å²) < 4.78 is 25.0. The Hall–Kier alpha value is -4.98. The number of carbonyl (C=O) groups excluding carboxylic acids is 2. The van der Waals surface area contributed by atoms with E-state index in [1.807, 2.05) is 36.4 Å². The van der Waals surface area contributed by atoms with E-state index in [0.717, 1.165) is 29.7 Å². The fourth-order valence-corrected chi connectivity index (χ4v) is 5.09. The second-order valence-electron chi connectivity index (χ2n) is 9.96. The van der Waals surface area contributed by atoms with Gasteiger partial charge in [0.05, 0.1) is 23.9 Å². The van der Waals surface area contributed by atoms with Crippen molar-refractivity contribution >= 4 is 22.8 Å². The summed E-state index contributed by atoms with van der Waals surface area (Å²) in [6.07, 6.45) is 3.84. The van der Waals surface area contributed by atoms with Gasteiger partial charge in [0, 0.05) is 29.1 Å². The standard InChI is InChI=1S/C32H26FN3O4/c1-39-25-12-8-21(31(38)36-32(13-14-32)27-4-2-3-15-35-27)18-22(25)16-19-5-11-26-24(17-19)28(30(34)37)29(40-26)20-6-9-23(33)10-7-20/h2-12,15,17-18H,13-14,16H2,1H3,(H2,34,37)(H,36,38). The van der Waals surface area contributed by atoms with Crippen LogP contribution in [0.25, 0.3) is 22.3 Å². The second kappa shape index (κ2) is 9.96. The molecule has 7 nitrogen and oxygen atoms in total. The zero-order valence-electron chi connectivity index (χ0n) is 21.7. The van der Waals surface area contributed by atoms with Crippen LogP contribution < -0.4 is 15.8 Å². The minimum Gasteiger partial charge on any atom is -0.496 e. The summed E-state index contributed by atoms with van der Waals surface area (Å²) >= 11 is 0. The van der Waals surface area contributed by atoms with Gasteiger partial charge in [0.25, 0.3) is 11.8 Å². The van der Waals surface area contributed by atoms with Gasteiger partial charge in [-0.05, 0) is 90.7 Å². The Kier molecular flexibility index (Phi) is 6.30. The maximum Gasteiger partial charge on any atom is 0.253 e. The SMILES string of the molecule is COc1ccc(C(=O)NC2(c3ccccn3)CC2)cc1Cc1ccc2oc(-c3ccc(F)cc3)c(C(N)=O)c2c1. The van der Waals surface area contributed by atoms with Crippen molar-refractivity contribution in [3.8, 4) is 17.1 Å². The summed E-state index contributed by atoms with van der Waals surface area (Å²) in [4.78, 5) is 30.2. The second-order valence-corrected chi connectivity index (χ2v) is 9.96. The number of nitrogens with one attached hydrogen (secondary N) is 1. The van der Waals surface area contributed by atoms with Gasteiger partial charge in [-0.1, -0.05) is 12.1 Å². The van der Waals surface area contributed by atoms with Crippen LogP contribution in [0.2, 0.25) is 0 Å². The number of benzene rings is 3. The van der Waals surface area contributed by atoms with E-state index in [4.69, 9.17) is 14.9 Å². The van der Waals surface area contributed by atoms with Crippen LogP contribution in [0.5, 0.6) is 5.75 Å². The Labute approximate surface area is 229 Å². The van der Waals surface area contributed by atoms with E-state index in [-0.39, 0.29) is 17.2 Å². The quantitative estimate of drug-likeness (QED) is 0.263. The topological polar surface area (TPSA) is 107 Å². The summed E-state index contributed by atoms with van der Waals surface area (Å²) in [6, 6.07) is 22.2. The molecule has 0 unspecified atom stereocenters. The normalized spacial score (nSPS) is 13.7. The van der Waals surface area contributed by atoms with Crippen LogP contribution in [0.15, 0.2) is 89.5 Å². The average Bonchev–Trinajstić information content (AvgIpc) is 3.65. The van der Waals surface area contributed by atoms with Crippen molar-refractivity contribution in [2.45, 2.75) is 24.8 Å². The van der Waals surface area contributed by atoms with Crippen LogP contribution in [0, 0.1) is 5.82 Å². The number of hydrogen-bond donors (Lipinski definition) is 2. The molecule has 1 fully saturated rings. The summed E-state index contributed by atoms with van der Waals surface area (Å²) in [5, 5.41) is 3.72. The van der Waals surface area contributed by atoms with E-state index in [0.29, 0.717) is 34.3 Å². The zero-order valence-corrected chi connectivity index (χ0v) is 21.7. The van der Waals surface area contributed by atoms with Gasteiger partial charge in [-0.25, -0.2) is 4.39 Å². The molecule has 2 aromatic heterocycles. The lowest BCUT2D eigenvalue weighted by Gasteiger charge is -2.18. The Morgan fingerprint density at radius 2 is 1.85 bits per heavy atom. The minimum absolute atomic E-state index is 0.183. The van der Waals surface area contributed by atoms with Crippen LogP contribution in [0.1, 0.15) is 50.4 Å². The molecule has 0 radical (unpaired) electrons. The molecular weight excluding hydrogens is 509 g/mol. The molecule has 1 aliphatic carbocycles. The fraction of sp³-hybridized carbons (Fsp3) is 0.156. The molecule has 3 N–H and O–H groups in total. The third-order valence-electron chi connectivity index (χ3n) is 7.30. The molecule has 0 spiro atoms. The monoisotopic (exact) mass is 535 g/mol. The van der Waals surface area contributed by atoms with Crippen LogP contribution in [0.3, 0.4) is 0 Å². The Morgan fingerprint density at radius 1 is 1.05 bits per heavy atom. The van der Waals surface area contributed by atoms with E-state index >= 15 is 0 Å². The number of carbonyl (C=O) groups is 2. The van der Waals surface area contributed by atoms with E-state index in [1.165, 1.54) is 12.1 Å². The first-order valence-corrected chi connectivity index (χ1v) is 12.9. The summed E-state index contributed by atoms with van der Waals surface area (Å²) in [7, 11) is 1.58. The van der Waals surface area contributed by atoms with Gasteiger partial charge in [-0.15, -0.1) is 0 Å². The predicted molar refractivity (Wildman–Crippen MR) is 149 cm³/mol. The number of nitrogens with zero attached hydrogens (tertiary/aromatic N) is 1. The molecule has 0 bridgehead atoms. The smallest absolute Gasteiger partial charge is 0.253 e. The number of primary amides is 1. The molecule has 0 atom stereocenters. The number of rotatable bonds is 8. The van der Waals surface area contributed by atoms with Crippen molar-refractivity contribution in [2.75, 3.05) is 7.11 Å². The minimum atomic E-state index is -0.645. The average molecular weight is 536 g/mol. The van der Waals surface area contributed by atoms with Gasteiger partial charge in [0.2, 0.25) is 0 Å². The number of ether oxygens (including phenoxy) is 1. The molecule has 0 aliphatic heterocycles. The lowest BCUT2D eigenvalue weighted by atomic mass is 9.98. The number of nitrogens with two attached hydrogens (primary N) is 1. The van der Waals surface area contributed by atoms with Crippen molar-refractivity contribution in [3.05, 3.63) is 119 Å². The fourth-order valence-electron chi connectivity index (χ4n) is 5.09. The number of pyridine rings is 1. The Bertz CT molecular complexity index is 1740. The van der Waals surface area contributed by atoms with E-state index < -0.39 is 17.3 Å². The van der Waals surface area contributed by atoms with E-state index in [1.54, 1.807) is 43.6 Å². The van der Waals surface area contributed by atoms with E-state index in [9.17, 15) is 14.0 Å². The van der Waals surface area contributed by atoms with Gasteiger partial charge in [-0.3, -0.25) is 14.6 Å². The maximum atomic E-state index is 13.5. The van der Waals surface area contributed by atoms with Crippen LogP contribution in [0.4, 0.5) is 4.39 Å². The lowest BCUT2D eigenvalue weighted by molar-refractivity contribution is 0.0928.